The van der Waals surface area contributed by atoms with E-state index in [1.165, 1.54) is 12.1 Å². The van der Waals surface area contributed by atoms with E-state index in [-0.39, 0.29) is 17.4 Å². The van der Waals surface area contributed by atoms with Gasteiger partial charge < -0.3 is 10.8 Å². The molecule has 0 bridgehead atoms. The summed E-state index contributed by atoms with van der Waals surface area (Å²) in [4.78, 5) is 0.212. The van der Waals surface area contributed by atoms with Gasteiger partial charge in [0.1, 0.15) is 10.8 Å². The number of rotatable bonds is 4. The van der Waals surface area contributed by atoms with E-state index in [2.05, 4.69) is 5.10 Å². The zero-order chi connectivity index (χ0) is 14.9. The van der Waals surface area contributed by atoms with Crippen LogP contribution in [0.25, 0.3) is 11.3 Å². The van der Waals surface area contributed by atoms with Gasteiger partial charge in [0.2, 0.25) is 0 Å². The summed E-state index contributed by atoms with van der Waals surface area (Å²) in [6.45, 7) is 3.59. The number of benzene rings is 1. The molecular formula is C14H16FN3OS. The maximum absolute atomic E-state index is 13.1. The highest BCUT2D eigenvalue weighted by atomic mass is 32.1. The molecule has 3 N–H and O–H groups in total. The number of nitrogens with two attached hydrogens (primary N) is 1. The summed E-state index contributed by atoms with van der Waals surface area (Å²) in [5.41, 5.74) is 7.13. The summed E-state index contributed by atoms with van der Waals surface area (Å²) in [6.07, 6.45) is 1.57. The van der Waals surface area contributed by atoms with E-state index < -0.39 is 5.54 Å². The number of aliphatic hydroxyl groups excluding tert-OH is 1. The lowest BCUT2D eigenvalue weighted by molar-refractivity contribution is 0.154. The van der Waals surface area contributed by atoms with E-state index in [9.17, 15) is 9.50 Å². The highest BCUT2D eigenvalue weighted by Gasteiger charge is 2.26. The molecule has 1 aromatic carbocycles. The molecule has 0 saturated carbocycles. The fourth-order valence-corrected chi connectivity index (χ4v) is 2.09. The maximum Gasteiger partial charge on any atom is 0.123 e. The van der Waals surface area contributed by atoms with Crippen molar-refractivity contribution in [3.8, 4) is 11.3 Å². The molecule has 0 aliphatic heterocycles. The van der Waals surface area contributed by atoms with Gasteiger partial charge in [-0.05, 0) is 38.1 Å². The lowest BCUT2D eigenvalue weighted by Gasteiger charge is -2.25. The predicted molar refractivity (Wildman–Crippen MR) is 79.9 cm³/mol. The number of aromatic nitrogens is 2. The second kappa shape index (κ2) is 5.30. The van der Waals surface area contributed by atoms with Crippen LogP contribution >= 0.6 is 12.2 Å². The van der Waals surface area contributed by atoms with Crippen LogP contribution < -0.4 is 5.73 Å². The van der Waals surface area contributed by atoms with Crippen LogP contribution in [-0.4, -0.2) is 26.5 Å². The van der Waals surface area contributed by atoms with E-state index in [0.717, 1.165) is 5.56 Å². The Balaban J connectivity index is 2.67. The number of hydrogen-bond acceptors (Lipinski definition) is 3. The Labute approximate surface area is 122 Å². The summed E-state index contributed by atoms with van der Waals surface area (Å²) >= 11 is 5.04. The molecule has 2 aromatic rings. The highest BCUT2D eigenvalue weighted by Crippen LogP contribution is 2.29. The van der Waals surface area contributed by atoms with Gasteiger partial charge in [-0.1, -0.05) is 12.2 Å². The van der Waals surface area contributed by atoms with E-state index >= 15 is 0 Å². The van der Waals surface area contributed by atoms with Crippen molar-refractivity contribution in [2.24, 2.45) is 5.73 Å². The van der Waals surface area contributed by atoms with Crippen LogP contribution in [0.1, 0.15) is 19.4 Å². The van der Waals surface area contributed by atoms with Gasteiger partial charge in [0, 0.05) is 5.56 Å². The lowest BCUT2D eigenvalue weighted by atomic mass is 10.0. The molecule has 106 valence electrons. The molecule has 20 heavy (non-hydrogen) atoms. The number of thiocarbonyl (C=S) groups is 1. The summed E-state index contributed by atoms with van der Waals surface area (Å²) in [7, 11) is 0. The first-order valence-electron chi connectivity index (χ1n) is 6.12. The number of aliphatic hydroxyl groups is 1. The molecule has 0 atom stereocenters. The molecule has 1 aromatic heterocycles. The van der Waals surface area contributed by atoms with Gasteiger partial charge in [0.05, 0.1) is 29.6 Å². The molecule has 0 saturated heterocycles. The lowest BCUT2D eigenvalue weighted by Crippen LogP contribution is -2.32. The molecule has 4 nitrogen and oxygen atoms in total. The Morgan fingerprint density at radius 3 is 2.50 bits per heavy atom. The minimum atomic E-state index is -0.618. The molecule has 0 fully saturated rings. The molecule has 0 amide bonds. The summed E-state index contributed by atoms with van der Waals surface area (Å²) in [6, 6.07) is 6.00. The van der Waals surface area contributed by atoms with Crippen LogP contribution in [-0.2, 0) is 5.54 Å². The van der Waals surface area contributed by atoms with Crippen molar-refractivity contribution in [3.63, 3.8) is 0 Å². The first-order valence-corrected chi connectivity index (χ1v) is 6.53. The molecule has 0 radical (unpaired) electrons. The van der Waals surface area contributed by atoms with Crippen LogP contribution in [0.3, 0.4) is 0 Å². The van der Waals surface area contributed by atoms with Crippen LogP contribution in [0.5, 0.6) is 0 Å². The summed E-state index contributed by atoms with van der Waals surface area (Å²) < 4.78 is 14.7. The van der Waals surface area contributed by atoms with E-state index in [1.54, 1.807) is 23.0 Å². The predicted octanol–water partition coefficient (Wildman–Crippen LogP) is 2.05. The van der Waals surface area contributed by atoms with Crippen molar-refractivity contribution in [1.82, 2.24) is 9.78 Å². The zero-order valence-electron chi connectivity index (χ0n) is 11.3. The summed E-state index contributed by atoms with van der Waals surface area (Å²) in [5, 5.41) is 13.8. The second-order valence-electron chi connectivity index (χ2n) is 5.16. The van der Waals surface area contributed by atoms with Gasteiger partial charge in [-0.2, -0.15) is 5.10 Å². The zero-order valence-corrected chi connectivity index (χ0v) is 12.1. The van der Waals surface area contributed by atoms with Gasteiger partial charge >= 0.3 is 0 Å². The van der Waals surface area contributed by atoms with Crippen LogP contribution in [0.4, 0.5) is 4.39 Å². The van der Waals surface area contributed by atoms with E-state index in [0.29, 0.717) is 11.3 Å². The largest absolute Gasteiger partial charge is 0.394 e. The summed E-state index contributed by atoms with van der Waals surface area (Å²) in [5.74, 6) is -0.321. The molecule has 0 spiro atoms. The molecular weight excluding hydrogens is 277 g/mol. The smallest absolute Gasteiger partial charge is 0.123 e. The average Bonchev–Trinajstić information content (AvgIpc) is 2.85. The number of halogens is 1. The molecule has 0 aliphatic rings. The third kappa shape index (κ3) is 2.57. The Bertz CT molecular complexity index is 634. The normalized spacial score (nSPS) is 11.6. The first-order chi connectivity index (χ1) is 9.36. The van der Waals surface area contributed by atoms with Gasteiger partial charge in [-0.3, -0.25) is 4.68 Å². The van der Waals surface area contributed by atoms with Crippen molar-refractivity contribution in [3.05, 3.63) is 41.8 Å². The minimum absolute atomic E-state index is 0.0976. The molecule has 0 aliphatic carbocycles. The van der Waals surface area contributed by atoms with Crippen LogP contribution in [0.2, 0.25) is 0 Å². The maximum atomic E-state index is 13.1. The van der Waals surface area contributed by atoms with Crippen molar-refractivity contribution < 1.29 is 9.50 Å². The van der Waals surface area contributed by atoms with Crippen molar-refractivity contribution in [2.45, 2.75) is 19.4 Å². The Hall–Kier alpha value is -1.79. The van der Waals surface area contributed by atoms with Gasteiger partial charge in [0.15, 0.2) is 0 Å². The van der Waals surface area contributed by atoms with Crippen molar-refractivity contribution in [1.29, 1.82) is 0 Å². The molecule has 0 unspecified atom stereocenters. The van der Waals surface area contributed by atoms with Crippen molar-refractivity contribution >= 4 is 17.2 Å². The van der Waals surface area contributed by atoms with E-state index in [4.69, 9.17) is 18.0 Å². The standard InChI is InChI=1S/C14H16FN3OS/c1-14(2,8-19)18-12(11(7-17-18)13(16)20)9-3-5-10(15)6-4-9/h3-7,19H,8H2,1-2H3,(H2,16,20). The average molecular weight is 293 g/mol. The highest BCUT2D eigenvalue weighted by molar-refractivity contribution is 7.80. The number of nitrogens with zero attached hydrogens (tertiary/aromatic N) is 2. The second-order valence-corrected chi connectivity index (χ2v) is 5.60. The quantitative estimate of drug-likeness (QED) is 0.847. The van der Waals surface area contributed by atoms with Crippen LogP contribution in [0, 0.1) is 5.82 Å². The fourth-order valence-electron chi connectivity index (χ4n) is 1.94. The first kappa shape index (κ1) is 14.6. The monoisotopic (exact) mass is 293 g/mol. The van der Waals surface area contributed by atoms with Crippen LogP contribution in [0.15, 0.2) is 30.5 Å². The van der Waals surface area contributed by atoms with E-state index in [1.807, 2.05) is 13.8 Å². The van der Waals surface area contributed by atoms with Crippen molar-refractivity contribution in [2.75, 3.05) is 6.61 Å². The fraction of sp³-hybridized carbons (Fsp3) is 0.286. The Kier molecular flexibility index (Phi) is 3.87. The number of hydrogen-bond donors (Lipinski definition) is 2. The third-order valence-electron chi connectivity index (χ3n) is 3.11. The van der Waals surface area contributed by atoms with Gasteiger partial charge in [0.25, 0.3) is 0 Å². The SMILES string of the molecule is CC(C)(CO)n1ncc(C(N)=S)c1-c1ccc(F)cc1. The third-order valence-corrected chi connectivity index (χ3v) is 3.33. The molecule has 6 heteroatoms. The molecule has 1 heterocycles. The van der Waals surface area contributed by atoms with Gasteiger partial charge in [-0.25, -0.2) is 4.39 Å². The minimum Gasteiger partial charge on any atom is -0.394 e. The Morgan fingerprint density at radius 1 is 1.40 bits per heavy atom. The molecule has 2 rings (SSSR count). The Morgan fingerprint density at radius 2 is 2.00 bits per heavy atom. The van der Waals surface area contributed by atoms with Gasteiger partial charge in [-0.15, -0.1) is 0 Å². The topological polar surface area (TPSA) is 64.1 Å².